The third-order valence-electron chi connectivity index (χ3n) is 0.565. The molecule has 0 saturated carbocycles. The zero-order chi connectivity index (χ0) is 7.98. The first-order valence-electron chi connectivity index (χ1n) is 2.54. The third-order valence-corrected chi connectivity index (χ3v) is 0.565. The van der Waals surface area contributed by atoms with Gasteiger partial charge in [-0.15, -0.1) is 0 Å². The van der Waals surface area contributed by atoms with Crippen LogP contribution in [0.5, 0.6) is 0 Å². The molecule has 0 atom stereocenters. The Hall–Kier alpha value is -1.10. The standard InChI is InChI=1S/C5H8O5/c1-4(6)10-3-9-2-5(7)8/h2-3H2,1H3,(H,7,8)/p-1. The molecule has 0 aliphatic rings. The van der Waals surface area contributed by atoms with Gasteiger partial charge in [0.25, 0.3) is 0 Å². The summed E-state index contributed by atoms with van der Waals surface area (Å²) in [6, 6.07) is 0. The molecule has 0 bridgehead atoms. The lowest BCUT2D eigenvalue weighted by Gasteiger charge is -2.03. The van der Waals surface area contributed by atoms with Crippen LogP contribution in [0.3, 0.4) is 0 Å². The molecule has 10 heavy (non-hydrogen) atoms. The maximum Gasteiger partial charge on any atom is 0.304 e. The fraction of sp³-hybridized carbons (Fsp3) is 0.600. The minimum absolute atomic E-state index is 0.344. The average Bonchev–Trinajstić information content (AvgIpc) is 1.79. The number of carbonyl (C=O) groups excluding carboxylic acids is 2. The number of aliphatic carboxylic acids is 1. The van der Waals surface area contributed by atoms with Gasteiger partial charge in [-0.05, 0) is 0 Å². The van der Waals surface area contributed by atoms with Crippen LogP contribution in [0.4, 0.5) is 0 Å². The van der Waals surface area contributed by atoms with Gasteiger partial charge in [-0.2, -0.15) is 0 Å². The average molecular weight is 147 g/mol. The van der Waals surface area contributed by atoms with Gasteiger partial charge in [0.05, 0.1) is 12.6 Å². The highest BCUT2D eigenvalue weighted by atomic mass is 16.7. The second kappa shape index (κ2) is 4.75. The lowest BCUT2D eigenvalue weighted by Crippen LogP contribution is -2.28. The first kappa shape index (κ1) is 8.90. The van der Waals surface area contributed by atoms with E-state index >= 15 is 0 Å². The van der Waals surface area contributed by atoms with Crippen LogP contribution in [0.15, 0.2) is 0 Å². The Morgan fingerprint density at radius 1 is 1.50 bits per heavy atom. The molecular weight excluding hydrogens is 140 g/mol. The Morgan fingerprint density at radius 2 is 2.10 bits per heavy atom. The Labute approximate surface area is 57.5 Å². The van der Waals surface area contributed by atoms with Crippen molar-refractivity contribution in [2.45, 2.75) is 6.92 Å². The molecule has 0 spiro atoms. The van der Waals surface area contributed by atoms with E-state index < -0.39 is 18.5 Å². The molecule has 0 N–H and O–H groups in total. The van der Waals surface area contributed by atoms with Gasteiger partial charge in [-0.1, -0.05) is 0 Å². The van der Waals surface area contributed by atoms with E-state index in [0.29, 0.717) is 0 Å². The minimum Gasteiger partial charge on any atom is -0.548 e. The quantitative estimate of drug-likeness (QED) is 0.268. The molecule has 0 rings (SSSR count). The summed E-state index contributed by atoms with van der Waals surface area (Å²) in [5.74, 6) is -1.86. The van der Waals surface area contributed by atoms with Crippen molar-refractivity contribution in [3.05, 3.63) is 0 Å². The molecule has 0 saturated heterocycles. The van der Waals surface area contributed by atoms with Crippen molar-refractivity contribution >= 4 is 11.9 Å². The lowest BCUT2D eigenvalue weighted by atomic mass is 10.7. The van der Waals surface area contributed by atoms with Crippen LogP contribution in [0.25, 0.3) is 0 Å². The second-order valence-electron chi connectivity index (χ2n) is 1.47. The maximum atomic E-state index is 10.0. The number of rotatable bonds is 4. The highest BCUT2D eigenvalue weighted by molar-refractivity contribution is 5.66. The van der Waals surface area contributed by atoms with E-state index in [9.17, 15) is 14.7 Å². The number of carbonyl (C=O) groups is 2. The second-order valence-corrected chi connectivity index (χ2v) is 1.47. The van der Waals surface area contributed by atoms with E-state index in [-0.39, 0.29) is 6.79 Å². The molecule has 5 heteroatoms. The monoisotopic (exact) mass is 147 g/mol. The first-order chi connectivity index (χ1) is 4.63. The van der Waals surface area contributed by atoms with Crippen LogP contribution in [-0.4, -0.2) is 25.3 Å². The van der Waals surface area contributed by atoms with Crippen LogP contribution in [0.1, 0.15) is 6.92 Å². The highest BCUT2D eigenvalue weighted by Gasteiger charge is 1.90. The van der Waals surface area contributed by atoms with Gasteiger partial charge >= 0.3 is 5.97 Å². The summed E-state index contributed by atoms with van der Waals surface area (Å²) in [6.07, 6.45) is 0. The number of esters is 1. The zero-order valence-corrected chi connectivity index (χ0v) is 5.46. The van der Waals surface area contributed by atoms with Crippen molar-refractivity contribution in [1.82, 2.24) is 0 Å². The topological polar surface area (TPSA) is 75.7 Å². The molecule has 0 aromatic rings. The number of hydrogen-bond acceptors (Lipinski definition) is 5. The van der Waals surface area contributed by atoms with Crippen LogP contribution in [-0.2, 0) is 19.1 Å². The molecule has 0 aromatic heterocycles. The zero-order valence-electron chi connectivity index (χ0n) is 5.46. The minimum atomic E-state index is -1.34. The first-order valence-corrected chi connectivity index (χ1v) is 2.54. The fourth-order valence-electron chi connectivity index (χ4n) is 0.250. The van der Waals surface area contributed by atoms with Gasteiger partial charge in [-0.25, -0.2) is 0 Å². The predicted octanol–water partition coefficient (Wildman–Crippen LogP) is -1.73. The fourth-order valence-corrected chi connectivity index (χ4v) is 0.250. The van der Waals surface area contributed by atoms with E-state index in [4.69, 9.17) is 0 Å². The molecule has 0 aliphatic carbocycles. The van der Waals surface area contributed by atoms with E-state index in [0.717, 1.165) is 0 Å². The smallest absolute Gasteiger partial charge is 0.304 e. The molecular formula is C5H7O5-. The number of carboxylic acids is 1. The third kappa shape index (κ3) is 6.90. The summed E-state index contributed by atoms with van der Waals surface area (Å²) in [5.41, 5.74) is 0. The van der Waals surface area contributed by atoms with Gasteiger partial charge < -0.3 is 19.4 Å². The molecule has 0 aliphatic heterocycles. The normalized spacial score (nSPS) is 8.90. The van der Waals surface area contributed by atoms with Crippen molar-refractivity contribution < 1.29 is 24.2 Å². The lowest BCUT2D eigenvalue weighted by molar-refractivity contribution is -0.311. The molecule has 0 radical (unpaired) electrons. The van der Waals surface area contributed by atoms with Crippen LogP contribution < -0.4 is 5.11 Å². The van der Waals surface area contributed by atoms with Gasteiger partial charge in [0.15, 0.2) is 6.79 Å². The van der Waals surface area contributed by atoms with Crippen molar-refractivity contribution in [1.29, 1.82) is 0 Å². The molecule has 0 amide bonds. The molecule has 0 heterocycles. The SMILES string of the molecule is CC(=O)OCOCC(=O)[O-]. The van der Waals surface area contributed by atoms with Gasteiger partial charge in [0.2, 0.25) is 0 Å². The largest absolute Gasteiger partial charge is 0.548 e. The molecule has 0 aromatic carbocycles. The maximum absolute atomic E-state index is 10.0. The van der Waals surface area contributed by atoms with Crippen molar-refractivity contribution in [3.63, 3.8) is 0 Å². The van der Waals surface area contributed by atoms with Gasteiger partial charge in [-0.3, -0.25) is 4.79 Å². The van der Waals surface area contributed by atoms with Gasteiger partial charge in [0.1, 0.15) is 0 Å². The van der Waals surface area contributed by atoms with E-state index in [1.807, 2.05) is 0 Å². The van der Waals surface area contributed by atoms with Gasteiger partial charge in [0, 0.05) is 6.92 Å². The number of hydrogen-bond donors (Lipinski definition) is 0. The highest BCUT2D eigenvalue weighted by Crippen LogP contribution is 1.77. The van der Waals surface area contributed by atoms with E-state index in [2.05, 4.69) is 9.47 Å². The van der Waals surface area contributed by atoms with E-state index in [1.54, 1.807) is 0 Å². The summed E-state index contributed by atoms with van der Waals surface area (Å²) < 4.78 is 8.54. The predicted molar refractivity (Wildman–Crippen MR) is 27.6 cm³/mol. The Kier molecular flexibility index (Phi) is 4.23. The summed E-state index contributed by atoms with van der Waals surface area (Å²) in [6.45, 7) is 0.291. The molecule has 0 unspecified atom stereocenters. The number of carboxylic acid groups (broad SMARTS) is 1. The summed E-state index contributed by atoms with van der Waals surface area (Å²) in [4.78, 5) is 19.7. The van der Waals surface area contributed by atoms with Crippen molar-refractivity contribution in [3.8, 4) is 0 Å². The van der Waals surface area contributed by atoms with Crippen molar-refractivity contribution in [2.75, 3.05) is 13.4 Å². The summed E-state index contributed by atoms with van der Waals surface area (Å²) in [7, 11) is 0. The molecule has 5 nitrogen and oxygen atoms in total. The molecule has 0 fully saturated rings. The Morgan fingerprint density at radius 3 is 2.50 bits per heavy atom. The van der Waals surface area contributed by atoms with E-state index in [1.165, 1.54) is 6.92 Å². The van der Waals surface area contributed by atoms with Crippen LogP contribution >= 0.6 is 0 Å². The summed E-state index contributed by atoms with van der Waals surface area (Å²) in [5, 5.41) is 9.67. The number of ether oxygens (including phenoxy) is 2. The van der Waals surface area contributed by atoms with Crippen LogP contribution in [0.2, 0.25) is 0 Å². The molecule has 58 valence electrons. The van der Waals surface area contributed by atoms with Crippen LogP contribution in [0, 0.1) is 0 Å². The summed E-state index contributed by atoms with van der Waals surface area (Å²) >= 11 is 0. The Balaban J connectivity index is 3.06. The van der Waals surface area contributed by atoms with Crippen molar-refractivity contribution in [2.24, 2.45) is 0 Å². The Bertz CT molecular complexity index is 114.